The van der Waals surface area contributed by atoms with Crippen molar-refractivity contribution in [2.45, 2.75) is 18.9 Å². The molecule has 1 heterocycles. The topological polar surface area (TPSA) is 45.4 Å². The van der Waals surface area contributed by atoms with Gasteiger partial charge < -0.3 is 4.84 Å². The Labute approximate surface area is 59.6 Å². The van der Waals surface area contributed by atoms with Crippen LogP contribution in [-0.2, 0) is 4.84 Å². The number of hydrogen-bond donors (Lipinski definition) is 0. The minimum Gasteiger partial charge on any atom is -0.369 e. The van der Waals surface area contributed by atoms with Gasteiger partial charge in [0.15, 0.2) is 0 Å². The zero-order chi connectivity index (χ0) is 7.61. The van der Waals surface area contributed by atoms with Gasteiger partial charge in [-0.2, -0.15) is 5.26 Å². The van der Waals surface area contributed by atoms with E-state index in [0.29, 0.717) is 6.42 Å². The Kier molecular flexibility index (Phi) is 1.46. The number of rotatable bonds is 1. The smallest absolute Gasteiger partial charge is 0.245 e. The van der Waals surface area contributed by atoms with Gasteiger partial charge in [0, 0.05) is 6.42 Å². The Morgan fingerprint density at radius 2 is 2.70 bits per heavy atom. The van der Waals surface area contributed by atoms with Crippen LogP contribution in [0.25, 0.3) is 0 Å². The number of hydrogen-bond acceptors (Lipinski definition) is 3. The molecule has 1 atom stereocenters. The summed E-state index contributed by atoms with van der Waals surface area (Å²) in [5, 5.41) is 12.3. The molecule has 0 aromatic rings. The second-order valence-corrected chi connectivity index (χ2v) is 2.30. The predicted molar refractivity (Wildman–Crippen MR) is 37.4 cm³/mol. The van der Waals surface area contributed by atoms with Gasteiger partial charge >= 0.3 is 0 Å². The van der Waals surface area contributed by atoms with E-state index in [1.54, 1.807) is 0 Å². The van der Waals surface area contributed by atoms with Gasteiger partial charge in [0.05, 0.1) is 5.71 Å². The molecule has 10 heavy (non-hydrogen) atoms. The van der Waals surface area contributed by atoms with Gasteiger partial charge in [-0.15, -0.1) is 0 Å². The predicted octanol–water partition coefficient (Wildman–Crippen LogP) is 1.23. The number of nitriles is 1. The van der Waals surface area contributed by atoms with Crippen molar-refractivity contribution in [1.82, 2.24) is 0 Å². The summed E-state index contributed by atoms with van der Waals surface area (Å²) in [6.45, 7) is 5.32. The van der Waals surface area contributed by atoms with Crippen molar-refractivity contribution in [1.29, 1.82) is 5.26 Å². The molecule has 0 radical (unpaired) electrons. The average Bonchev–Trinajstić information content (AvgIpc) is 2.33. The van der Waals surface area contributed by atoms with Crippen LogP contribution in [-0.4, -0.2) is 11.3 Å². The highest BCUT2D eigenvalue weighted by atomic mass is 16.7. The van der Waals surface area contributed by atoms with E-state index in [4.69, 9.17) is 10.1 Å². The van der Waals surface area contributed by atoms with Crippen molar-refractivity contribution in [2.24, 2.45) is 5.16 Å². The van der Waals surface area contributed by atoms with E-state index in [1.165, 1.54) is 6.08 Å². The molecule has 1 aliphatic heterocycles. The Morgan fingerprint density at radius 3 is 2.90 bits per heavy atom. The minimum absolute atomic E-state index is 0.535. The molecule has 0 saturated carbocycles. The number of nitrogens with zero attached hydrogens (tertiary/aromatic N) is 2. The summed E-state index contributed by atoms with van der Waals surface area (Å²) < 4.78 is 0. The molecule has 0 aliphatic carbocycles. The molecule has 3 heteroatoms. The summed E-state index contributed by atoms with van der Waals surface area (Å²) in [4.78, 5) is 4.86. The van der Waals surface area contributed by atoms with Gasteiger partial charge in [0.25, 0.3) is 0 Å². The summed E-state index contributed by atoms with van der Waals surface area (Å²) in [7, 11) is 0. The summed E-state index contributed by atoms with van der Waals surface area (Å²) in [5.74, 6) is 0. The van der Waals surface area contributed by atoms with E-state index < -0.39 is 5.60 Å². The highest BCUT2D eigenvalue weighted by Gasteiger charge is 2.34. The Hall–Kier alpha value is -1.30. The number of oxime groups is 1. The first kappa shape index (κ1) is 6.81. The maximum absolute atomic E-state index is 8.61. The average molecular weight is 136 g/mol. The van der Waals surface area contributed by atoms with Crippen molar-refractivity contribution >= 4 is 5.71 Å². The molecule has 0 unspecified atom stereocenters. The maximum atomic E-state index is 8.61. The van der Waals surface area contributed by atoms with Gasteiger partial charge in [-0.25, -0.2) is 0 Å². The lowest BCUT2D eigenvalue weighted by Crippen LogP contribution is -2.22. The normalized spacial score (nSPS) is 30.2. The molecule has 0 saturated heterocycles. The fourth-order valence-electron chi connectivity index (χ4n) is 0.819. The molecule has 1 rings (SSSR count). The third-order valence-corrected chi connectivity index (χ3v) is 1.40. The summed E-state index contributed by atoms with van der Waals surface area (Å²) in [6, 6.07) is 2.00. The Balaban J connectivity index is 2.78. The molecular formula is C7H8N2O. The fourth-order valence-corrected chi connectivity index (χ4v) is 0.819. The van der Waals surface area contributed by atoms with Crippen LogP contribution >= 0.6 is 0 Å². The summed E-state index contributed by atoms with van der Waals surface area (Å²) in [5.41, 5.74) is -0.0502. The van der Waals surface area contributed by atoms with Gasteiger partial charge in [0.1, 0.15) is 6.07 Å². The van der Waals surface area contributed by atoms with Crippen molar-refractivity contribution in [3.63, 3.8) is 0 Å². The third-order valence-electron chi connectivity index (χ3n) is 1.40. The van der Waals surface area contributed by atoms with E-state index >= 15 is 0 Å². The molecule has 52 valence electrons. The largest absolute Gasteiger partial charge is 0.369 e. The van der Waals surface area contributed by atoms with Crippen LogP contribution in [0, 0.1) is 11.3 Å². The summed E-state index contributed by atoms with van der Waals surface area (Å²) in [6.07, 6.45) is 2.01. The molecule has 0 aromatic carbocycles. The summed E-state index contributed by atoms with van der Waals surface area (Å²) >= 11 is 0. The SMILES string of the molecule is C=C[C@@]1(C#N)CC(C)=NO1. The van der Waals surface area contributed by atoms with Crippen LogP contribution in [0.3, 0.4) is 0 Å². The van der Waals surface area contributed by atoms with Crippen molar-refractivity contribution < 1.29 is 4.84 Å². The molecule has 0 amide bonds. The lowest BCUT2D eigenvalue weighted by molar-refractivity contribution is 0.0656. The first-order chi connectivity index (χ1) is 4.72. The molecular weight excluding hydrogens is 128 g/mol. The van der Waals surface area contributed by atoms with Crippen molar-refractivity contribution in [3.8, 4) is 6.07 Å². The molecule has 3 nitrogen and oxygen atoms in total. The second kappa shape index (κ2) is 2.14. The van der Waals surface area contributed by atoms with E-state index in [0.717, 1.165) is 5.71 Å². The minimum atomic E-state index is -0.885. The van der Waals surface area contributed by atoms with Crippen LogP contribution in [0.15, 0.2) is 17.8 Å². The molecule has 0 N–H and O–H groups in total. The standard InChI is InChI=1S/C7H8N2O/c1-3-7(5-8)4-6(2)9-10-7/h3H,1,4H2,2H3/t7-/m0/s1. The van der Waals surface area contributed by atoms with Crippen LogP contribution in [0.5, 0.6) is 0 Å². The first-order valence-corrected chi connectivity index (χ1v) is 2.99. The second-order valence-electron chi connectivity index (χ2n) is 2.30. The van der Waals surface area contributed by atoms with Gasteiger partial charge in [0.2, 0.25) is 5.60 Å². The quantitative estimate of drug-likeness (QED) is 0.509. The van der Waals surface area contributed by atoms with E-state index in [1.807, 2.05) is 13.0 Å². The highest BCUT2D eigenvalue weighted by Crippen LogP contribution is 2.23. The van der Waals surface area contributed by atoms with Gasteiger partial charge in [-0.1, -0.05) is 11.7 Å². The van der Waals surface area contributed by atoms with Crippen LogP contribution in [0.2, 0.25) is 0 Å². The zero-order valence-electron chi connectivity index (χ0n) is 5.79. The third kappa shape index (κ3) is 0.883. The molecule has 0 spiro atoms. The zero-order valence-corrected chi connectivity index (χ0v) is 5.79. The van der Waals surface area contributed by atoms with Crippen LogP contribution < -0.4 is 0 Å². The molecule has 0 bridgehead atoms. The molecule has 0 aromatic heterocycles. The Morgan fingerprint density at radius 1 is 2.00 bits per heavy atom. The maximum Gasteiger partial charge on any atom is 0.245 e. The monoisotopic (exact) mass is 136 g/mol. The van der Waals surface area contributed by atoms with E-state index in [9.17, 15) is 0 Å². The van der Waals surface area contributed by atoms with Gasteiger partial charge in [-0.3, -0.25) is 0 Å². The van der Waals surface area contributed by atoms with E-state index in [2.05, 4.69) is 11.7 Å². The first-order valence-electron chi connectivity index (χ1n) is 2.99. The van der Waals surface area contributed by atoms with Crippen LogP contribution in [0.4, 0.5) is 0 Å². The Bertz CT molecular complexity index is 226. The lowest BCUT2D eigenvalue weighted by atomic mass is 10.0. The lowest BCUT2D eigenvalue weighted by Gasteiger charge is -2.10. The van der Waals surface area contributed by atoms with E-state index in [-0.39, 0.29) is 0 Å². The van der Waals surface area contributed by atoms with Crippen molar-refractivity contribution in [3.05, 3.63) is 12.7 Å². The fraction of sp³-hybridized carbons (Fsp3) is 0.429. The van der Waals surface area contributed by atoms with Crippen LogP contribution in [0.1, 0.15) is 13.3 Å². The molecule has 1 aliphatic rings. The van der Waals surface area contributed by atoms with Crippen molar-refractivity contribution in [2.75, 3.05) is 0 Å². The highest BCUT2D eigenvalue weighted by molar-refractivity contribution is 5.84. The van der Waals surface area contributed by atoms with Gasteiger partial charge in [-0.05, 0) is 13.0 Å². The molecule has 0 fully saturated rings.